The van der Waals surface area contributed by atoms with Crippen LogP contribution in [0.2, 0.25) is 0 Å². The Labute approximate surface area is 114 Å². The topological polar surface area (TPSA) is 60.5 Å². The minimum Gasteiger partial charge on any atom is -0.481 e. The second-order valence-electron chi connectivity index (χ2n) is 4.44. The van der Waals surface area contributed by atoms with Crippen LogP contribution >= 0.6 is 0 Å². The highest BCUT2D eigenvalue weighted by Crippen LogP contribution is 2.11. The van der Waals surface area contributed by atoms with Gasteiger partial charge in [0.15, 0.2) is 0 Å². The molecule has 0 aliphatic rings. The molecule has 1 aromatic rings. The molecule has 5 nitrogen and oxygen atoms in total. The molecule has 0 aliphatic heterocycles. The summed E-state index contributed by atoms with van der Waals surface area (Å²) in [6.07, 6.45) is 0.901. The fourth-order valence-corrected chi connectivity index (χ4v) is 1.76. The number of pyridine rings is 1. The van der Waals surface area contributed by atoms with Gasteiger partial charge in [-0.3, -0.25) is 10.1 Å². The smallest absolute Gasteiger partial charge is 0.323 e. The van der Waals surface area contributed by atoms with E-state index in [2.05, 4.69) is 10.3 Å². The zero-order valence-electron chi connectivity index (χ0n) is 12.0. The molecule has 0 radical (unpaired) electrons. The third-order valence-electron chi connectivity index (χ3n) is 3.16. The van der Waals surface area contributed by atoms with E-state index in [1.807, 2.05) is 26.0 Å². The van der Waals surface area contributed by atoms with Crippen molar-refractivity contribution >= 4 is 5.97 Å². The maximum absolute atomic E-state index is 11.7. The average Bonchev–Trinajstić information content (AvgIpc) is 2.46. The van der Waals surface area contributed by atoms with Gasteiger partial charge in [-0.25, -0.2) is 4.98 Å². The summed E-state index contributed by atoms with van der Waals surface area (Å²) in [5, 5.41) is 3.20. The highest BCUT2D eigenvalue weighted by Gasteiger charge is 2.24. The zero-order chi connectivity index (χ0) is 14.3. The van der Waals surface area contributed by atoms with Crippen molar-refractivity contribution in [3.63, 3.8) is 0 Å². The van der Waals surface area contributed by atoms with E-state index in [1.54, 1.807) is 13.2 Å². The van der Waals surface area contributed by atoms with Crippen LogP contribution in [-0.2, 0) is 16.1 Å². The SMILES string of the molecule is CCC(C)C(NCc1cccc(OC)n1)C(=O)OC. The van der Waals surface area contributed by atoms with Gasteiger partial charge in [0, 0.05) is 12.6 Å². The summed E-state index contributed by atoms with van der Waals surface area (Å²) in [5.41, 5.74) is 0.830. The van der Waals surface area contributed by atoms with Gasteiger partial charge in [-0.1, -0.05) is 26.3 Å². The van der Waals surface area contributed by atoms with Gasteiger partial charge in [0.25, 0.3) is 0 Å². The molecule has 0 bridgehead atoms. The zero-order valence-corrected chi connectivity index (χ0v) is 12.0. The maximum Gasteiger partial charge on any atom is 0.323 e. The average molecular weight is 266 g/mol. The Bertz CT molecular complexity index is 409. The number of hydrogen-bond donors (Lipinski definition) is 1. The quantitative estimate of drug-likeness (QED) is 0.762. The number of carbonyl (C=O) groups is 1. The number of methoxy groups -OCH3 is 2. The Morgan fingerprint density at radius 2 is 2.16 bits per heavy atom. The molecule has 0 aliphatic carbocycles. The van der Waals surface area contributed by atoms with Gasteiger partial charge in [0.2, 0.25) is 5.88 Å². The highest BCUT2D eigenvalue weighted by molar-refractivity contribution is 5.75. The second kappa shape index (κ2) is 7.74. The van der Waals surface area contributed by atoms with E-state index in [9.17, 15) is 4.79 Å². The third kappa shape index (κ3) is 4.52. The monoisotopic (exact) mass is 266 g/mol. The molecule has 106 valence electrons. The lowest BCUT2D eigenvalue weighted by atomic mass is 9.99. The second-order valence-corrected chi connectivity index (χ2v) is 4.44. The van der Waals surface area contributed by atoms with Gasteiger partial charge in [0.05, 0.1) is 19.9 Å². The van der Waals surface area contributed by atoms with Crippen molar-refractivity contribution in [1.82, 2.24) is 10.3 Å². The molecule has 5 heteroatoms. The molecule has 1 heterocycles. The normalized spacial score (nSPS) is 13.7. The van der Waals surface area contributed by atoms with Crippen LogP contribution in [-0.4, -0.2) is 31.2 Å². The van der Waals surface area contributed by atoms with Crippen molar-refractivity contribution in [3.8, 4) is 5.88 Å². The lowest BCUT2D eigenvalue weighted by molar-refractivity contribution is -0.144. The van der Waals surface area contributed by atoms with Crippen molar-refractivity contribution < 1.29 is 14.3 Å². The van der Waals surface area contributed by atoms with Crippen molar-refractivity contribution in [2.24, 2.45) is 5.92 Å². The van der Waals surface area contributed by atoms with E-state index in [0.717, 1.165) is 12.1 Å². The molecule has 0 fully saturated rings. The van der Waals surface area contributed by atoms with Crippen molar-refractivity contribution in [2.45, 2.75) is 32.9 Å². The standard InChI is InChI=1S/C14H22N2O3/c1-5-10(2)13(14(17)19-4)15-9-11-7-6-8-12(16-11)18-3/h6-8,10,13,15H,5,9H2,1-4H3. The number of ether oxygens (including phenoxy) is 2. The largest absolute Gasteiger partial charge is 0.481 e. The van der Waals surface area contributed by atoms with Crippen molar-refractivity contribution in [3.05, 3.63) is 23.9 Å². The van der Waals surface area contributed by atoms with E-state index in [0.29, 0.717) is 12.4 Å². The first kappa shape index (κ1) is 15.4. The van der Waals surface area contributed by atoms with Gasteiger partial charge >= 0.3 is 5.97 Å². The minimum absolute atomic E-state index is 0.207. The highest BCUT2D eigenvalue weighted by atomic mass is 16.5. The summed E-state index contributed by atoms with van der Waals surface area (Å²) < 4.78 is 9.89. The summed E-state index contributed by atoms with van der Waals surface area (Å²) in [5.74, 6) is 0.535. The number of hydrogen-bond acceptors (Lipinski definition) is 5. The van der Waals surface area contributed by atoms with Gasteiger partial charge < -0.3 is 9.47 Å². The number of nitrogens with one attached hydrogen (secondary N) is 1. The number of nitrogens with zero attached hydrogens (tertiary/aromatic N) is 1. The molecular formula is C14H22N2O3. The van der Waals surface area contributed by atoms with Crippen LogP contribution in [0.15, 0.2) is 18.2 Å². The first-order valence-corrected chi connectivity index (χ1v) is 6.43. The van der Waals surface area contributed by atoms with Crippen LogP contribution in [0, 0.1) is 5.92 Å². The van der Waals surface area contributed by atoms with Gasteiger partial charge in [0.1, 0.15) is 6.04 Å². The Morgan fingerprint density at radius 3 is 2.74 bits per heavy atom. The molecular weight excluding hydrogens is 244 g/mol. The van der Waals surface area contributed by atoms with Crippen LogP contribution in [0.3, 0.4) is 0 Å². The summed E-state index contributed by atoms with van der Waals surface area (Å²) in [7, 11) is 2.99. The Hall–Kier alpha value is -1.62. The van der Waals surface area contributed by atoms with Crippen LogP contribution in [0.5, 0.6) is 5.88 Å². The molecule has 2 atom stereocenters. The summed E-state index contributed by atoms with van der Waals surface area (Å²) >= 11 is 0. The molecule has 19 heavy (non-hydrogen) atoms. The number of rotatable bonds is 7. The predicted octanol–water partition coefficient (Wildman–Crippen LogP) is 1.77. The summed E-state index contributed by atoms with van der Waals surface area (Å²) in [6, 6.07) is 5.23. The fraction of sp³-hybridized carbons (Fsp3) is 0.571. The number of aromatic nitrogens is 1. The lowest BCUT2D eigenvalue weighted by Gasteiger charge is -2.21. The van der Waals surface area contributed by atoms with Crippen LogP contribution < -0.4 is 10.1 Å². The molecule has 0 amide bonds. The first-order chi connectivity index (χ1) is 9.12. The minimum atomic E-state index is -0.317. The summed E-state index contributed by atoms with van der Waals surface area (Å²) in [4.78, 5) is 16.0. The Kier molecular flexibility index (Phi) is 6.29. The fourth-order valence-electron chi connectivity index (χ4n) is 1.76. The lowest BCUT2D eigenvalue weighted by Crippen LogP contribution is -2.42. The molecule has 0 saturated carbocycles. The van der Waals surface area contributed by atoms with Crippen LogP contribution in [0.4, 0.5) is 0 Å². The van der Waals surface area contributed by atoms with Gasteiger partial charge in [-0.05, 0) is 12.0 Å². The molecule has 1 rings (SSSR count). The van der Waals surface area contributed by atoms with E-state index in [1.165, 1.54) is 7.11 Å². The molecule has 0 aromatic carbocycles. The van der Waals surface area contributed by atoms with Crippen molar-refractivity contribution in [2.75, 3.05) is 14.2 Å². The molecule has 0 saturated heterocycles. The number of esters is 1. The summed E-state index contributed by atoms with van der Waals surface area (Å²) in [6.45, 7) is 4.57. The van der Waals surface area contributed by atoms with E-state index >= 15 is 0 Å². The van der Waals surface area contributed by atoms with E-state index in [4.69, 9.17) is 9.47 Å². The van der Waals surface area contributed by atoms with Gasteiger partial charge in [-0.2, -0.15) is 0 Å². The Morgan fingerprint density at radius 1 is 1.42 bits per heavy atom. The van der Waals surface area contributed by atoms with E-state index in [-0.39, 0.29) is 17.9 Å². The molecule has 0 spiro atoms. The van der Waals surface area contributed by atoms with Crippen LogP contribution in [0.25, 0.3) is 0 Å². The first-order valence-electron chi connectivity index (χ1n) is 6.43. The maximum atomic E-state index is 11.7. The van der Waals surface area contributed by atoms with Crippen molar-refractivity contribution in [1.29, 1.82) is 0 Å². The van der Waals surface area contributed by atoms with Gasteiger partial charge in [-0.15, -0.1) is 0 Å². The molecule has 1 aromatic heterocycles. The molecule has 2 unspecified atom stereocenters. The van der Waals surface area contributed by atoms with E-state index < -0.39 is 0 Å². The van der Waals surface area contributed by atoms with Crippen LogP contribution in [0.1, 0.15) is 26.0 Å². The predicted molar refractivity (Wildman–Crippen MR) is 72.9 cm³/mol. The Balaban J connectivity index is 2.67. The third-order valence-corrected chi connectivity index (χ3v) is 3.16. The molecule has 1 N–H and O–H groups in total. The number of carbonyl (C=O) groups excluding carboxylic acids is 1.